The van der Waals surface area contributed by atoms with E-state index >= 15 is 0 Å². The molecule has 26 heavy (non-hydrogen) atoms. The maximum atomic E-state index is 12.9. The van der Waals surface area contributed by atoms with Gasteiger partial charge in [0.25, 0.3) is 10.0 Å². The number of carbonyl (C=O) groups is 1. The number of nitrogens with zero attached hydrogens (tertiary/aromatic N) is 1. The van der Waals surface area contributed by atoms with Crippen LogP contribution < -0.4 is 5.32 Å². The molecule has 3 heterocycles. The number of fused-ring (bicyclic) bond motifs is 1. The fourth-order valence-corrected chi connectivity index (χ4v) is 7.15. The van der Waals surface area contributed by atoms with E-state index in [-0.39, 0.29) is 10.1 Å². The zero-order valence-corrected chi connectivity index (χ0v) is 16.7. The largest absolute Gasteiger partial charge is 0.325 e. The minimum Gasteiger partial charge on any atom is -0.325 e. The van der Waals surface area contributed by atoms with Gasteiger partial charge < -0.3 is 5.32 Å². The number of hydrogen-bond donors (Lipinski definition) is 1. The minimum absolute atomic E-state index is 0.168. The van der Waals surface area contributed by atoms with E-state index in [1.54, 1.807) is 17.4 Å². The van der Waals surface area contributed by atoms with Crippen molar-refractivity contribution in [3.05, 3.63) is 46.1 Å². The number of nitrogens with one attached hydrogen (secondary N) is 1. The Bertz CT molecular complexity index is 1070. The fraction of sp³-hybridized carbons (Fsp3) is 0.235. The van der Waals surface area contributed by atoms with E-state index < -0.39 is 16.1 Å². The fourth-order valence-electron chi connectivity index (χ4n) is 3.11. The molecule has 0 unspecified atom stereocenters. The maximum absolute atomic E-state index is 12.9. The number of benzene rings is 1. The van der Waals surface area contributed by atoms with Crippen molar-refractivity contribution in [2.75, 3.05) is 11.9 Å². The first-order valence-electron chi connectivity index (χ1n) is 8.00. The molecule has 0 saturated carbocycles. The molecule has 1 amide bonds. The number of rotatable bonds is 4. The summed E-state index contributed by atoms with van der Waals surface area (Å²) in [4.78, 5) is 12.7. The van der Waals surface area contributed by atoms with Crippen LogP contribution in [0.3, 0.4) is 0 Å². The highest BCUT2D eigenvalue weighted by Crippen LogP contribution is 2.33. The van der Waals surface area contributed by atoms with Crippen LogP contribution >= 0.6 is 34.3 Å². The number of hydrogen-bond acceptors (Lipinski definition) is 5. The topological polar surface area (TPSA) is 66.5 Å². The van der Waals surface area contributed by atoms with Gasteiger partial charge in [0.15, 0.2) is 0 Å². The summed E-state index contributed by atoms with van der Waals surface area (Å²) in [5.74, 6) is -0.302. The van der Waals surface area contributed by atoms with Crippen LogP contribution in [0.25, 0.3) is 10.1 Å². The number of amides is 1. The Kier molecular flexibility index (Phi) is 4.79. The molecule has 1 N–H and O–H groups in total. The molecule has 0 spiro atoms. The third-order valence-electron chi connectivity index (χ3n) is 4.34. The van der Waals surface area contributed by atoms with E-state index in [4.69, 9.17) is 11.6 Å². The summed E-state index contributed by atoms with van der Waals surface area (Å²) in [6.07, 6.45) is 1.16. The first kappa shape index (κ1) is 17.9. The number of halogens is 1. The second kappa shape index (κ2) is 6.94. The average molecular weight is 427 g/mol. The molecular formula is C17H15ClN2O3S3. The Morgan fingerprint density at radius 3 is 2.85 bits per heavy atom. The maximum Gasteiger partial charge on any atom is 0.253 e. The Morgan fingerprint density at radius 2 is 2.08 bits per heavy atom. The molecule has 1 aliphatic heterocycles. The van der Waals surface area contributed by atoms with Gasteiger partial charge in [-0.1, -0.05) is 11.6 Å². The molecule has 0 bridgehead atoms. The first-order chi connectivity index (χ1) is 12.4. The number of sulfonamides is 1. The molecule has 136 valence electrons. The second-order valence-electron chi connectivity index (χ2n) is 5.99. The Morgan fingerprint density at radius 1 is 1.23 bits per heavy atom. The van der Waals surface area contributed by atoms with Crippen LogP contribution in [0.5, 0.6) is 0 Å². The zero-order chi connectivity index (χ0) is 18.3. The lowest BCUT2D eigenvalue weighted by atomic mass is 10.2. The molecule has 1 fully saturated rings. The molecule has 1 aromatic carbocycles. The third kappa shape index (κ3) is 3.27. The number of thiophene rings is 2. The predicted octanol–water partition coefficient (Wildman–Crippen LogP) is 4.41. The second-order valence-corrected chi connectivity index (χ2v) is 10.8. The summed E-state index contributed by atoms with van der Waals surface area (Å²) >= 11 is 8.52. The zero-order valence-electron chi connectivity index (χ0n) is 13.5. The van der Waals surface area contributed by atoms with Crippen LogP contribution in [0.4, 0.5) is 5.69 Å². The van der Waals surface area contributed by atoms with E-state index in [1.807, 2.05) is 29.6 Å². The van der Waals surface area contributed by atoms with Crippen LogP contribution in [0.15, 0.2) is 46.0 Å². The Balaban J connectivity index is 1.56. The van der Waals surface area contributed by atoms with E-state index in [0.29, 0.717) is 29.4 Å². The number of anilines is 1. The van der Waals surface area contributed by atoms with Crippen molar-refractivity contribution in [2.24, 2.45) is 0 Å². The van der Waals surface area contributed by atoms with Crippen LogP contribution in [0.2, 0.25) is 4.34 Å². The van der Waals surface area contributed by atoms with Crippen LogP contribution in [-0.2, 0) is 14.8 Å². The molecule has 1 aliphatic rings. The molecule has 0 radical (unpaired) electrons. The van der Waals surface area contributed by atoms with Gasteiger partial charge in [-0.15, -0.1) is 22.7 Å². The summed E-state index contributed by atoms with van der Waals surface area (Å²) in [6.45, 7) is 0.333. The summed E-state index contributed by atoms with van der Waals surface area (Å²) in [5, 5.41) is 5.91. The summed E-state index contributed by atoms with van der Waals surface area (Å²) in [5.41, 5.74) is 0.671. The first-order valence-corrected chi connectivity index (χ1v) is 11.5. The lowest BCUT2D eigenvalue weighted by Gasteiger charge is -2.22. The van der Waals surface area contributed by atoms with Gasteiger partial charge in [-0.2, -0.15) is 4.31 Å². The monoisotopic (exact) mass is 426 g/mol. The predicted molar refractivity (Wildman–Crippen MR) is 107 cm³/mol. The molecule has 3 aromatic rings. The molecule has 9 heteroatoms. The molecular weight excluding hydrogens is 412 g/mol. The molecule has 1 atom stereocenters. The van der Waals surface area contributed by atoms with Gasteiger partial charge in [-0.25, -0.2) is 8.42 Å². The van der Waals surface area contributed by atoms with E-state index in [0.717, 1.165) is 21.4 Å². The van der Waals surface area contributed by atoms with Gasteiger partial charge in [-0.05, 0) is 60.0 Å². The van der Waals surface area contributed by atoms with Crippen molar-refractivity contribution < 1.29 is 13.2 Å². The van der Waals surface area contributed by atoms with Gasteiger partial charge in [0, 0.05) is 16.9 Å². The number of carbonyl (C=O) groups excluding carboxylic acids is 1. The Hall–Kier alpha value is -1.45. The Labute approximate surface area is 164 Å². The van der Waals surface area contributed by atoms with Gasteiger partial charge >= 0.3 is 0 Å². The standard InChI is InChI=1S/C17H15ClN2O3S3/c18-15-5-6-16(25-15)26(22,23)20-8-1-2-13(20)17(21)19-12-3-4-14-11(10-12)7-9-24-14/h3-7,9-10,13H,1-2,8H2,(H,19,21)/t13-/m1/s1. The summed E-state index contributed by atoms with van der Waals surface area (Å²) in [7, 11) is -3.72. The van der Waals surface area contributed by atoms with Crippen LogP contribution in [-0.4, -0.2) is 31.2 Å². The lowest BCUT2D eigenvalue weighted by Crippen LogP contribution is -2.42. The minimum atomic E-state index is -3.72. The van der Waals surface area contributed by atoms with E-state index in [2.05, 4.69) is 5.32 Å². The van der Waals surface area contributed by atoms with Gasteiger partial charge in [0.2, 0.25) is 5.91 Å². The SMILES string of the molecule is O=C(Nc1ccc2sccc2c1)[C@H]1CCCN1S(=O)(=O)c1ccc(Cl)s1. The van der Waals surface area contributed by atoms with Crippen molar-refractivity contribution in [2.45, 2.75) is 23.1 Å². The smallest absolute Gasteiger partial charge is 0.253 e. The van der Waals surface area contributed by atoms with Gasteiger partial charge in [-0.3, -0.25) is 4.79 Å². The molecule has 0 aliphatic carbocycles. The van der Waals surface area contributed by atoms with Crippen LogP contribution in [0.1, 0.15) is 12.8 Å². The van der Waals surface area contributed by atoms with Gasteiger partial charge in [0.1, 0.15) is 10.3 Å². The van der Waals surface area contributed by atoms with E-state index in [9.17, 15) is 13.2 Å². The van der Waals surface area contributed by atoms with Crippen molar-refractivity contribution in [1.82, 2.24) is 4.31 Å². The normalized spacial score (nSPS) is 18.4. The average Bonchev–Trinajstić information content (AvgIpc) is 3.34. The summed E-state index contributed by atoms with van der Waals surface area (Å²) in [6, 6.07) is 10.0. The summed E-state index contributed by atoms with van der Waals surface area (Å²) < 4.78 is 28.7. The van der Waals surface area contributed by atoms with Crippen molar-refractivity contribution in [1.29, 1.82) is 0 Å². The third-order valence-corrected chi connectivity index (χ3v) is 8.84. The molecule has 4 rings (SSSR count). The highest BCUT2D eigenvalue weighted by atomic mass is 35.5. The molecule has 2 aromatic heterocycles. The highest BCUT2D eigenvalue weighted by Gasteiger charge is 2.40. The highest BCUT2D eigenvalue weighted by molar-refractivity contribution is 7.91. The van der Waals surface area contributed by atoms with E-state index in [1.165, 1.54) is 10.4 Å². The lowest BCUT2D eigenvalue weighted by molar-refractivity contribution is -0.119. The van der Waals surface area contributed by atoms with Crippen molar-refractivity contribution >= 4 is 66.0 Å². The molecule has 1 saturated heterocycles. The van der Waals surface area contributed by atoms with Crippen molar-refractivity contribution in [3.63, 3.8) is 0 Å². The molecule has 5 nitrogen and oxygen atoms in total. The quantitative estimate of drug-likeness (QED) is 0.672. The van der Waals surface area contributed by atoms with Crippen molar-refractivity contribution in [3.8, 4) is 0 Å². The van der Waals surface area contributed by atoms with Crippen LogP contribution in [0, 0.1) is 0 Å². The van der Waals surface area contributed by atoms with Gasteiger partial charge in [0.05, 0.1) is 4.34 Å².